The summed E-state index contributed by atoms with van der Waals surface area (Å²) in [6, 6.07) is 0. The predicted octanol–water partition coefficient (Wildman–Crippen LogP) is 1.80. The summed E-state index contributed by atoms with van der Waals surface area (Å²) in [6.07, 6.45) is 6.92. The molecule has 3 heterocycles. The van der Waals surface area contributed by atoms with Gasteiger partial charge in [-0.1, -0.05) is 6.08 Å². The summed E-state index contributed by atoms with van der Waals surface area (Å²) in [4.78, 5) is 9.51. The minimum absolute atomic E-state index is 0.661. The van der Waals surface area contributed by atoms with Gasteiger partial charge in [-0.05, 0) is 6.92 Å². The Balaban J connectivity index is 1.96. The first kappa shape index (κ1) is 10.3. The van der Waals surface area contributed by atoms with Crippen molar-refractivity contribution in [2.45, 2.75) is 13.3 Å². The van der Waals surface area contributed by atoms with Gasteiger partial charge in [0.2, 0.25) is 0 Å². The lowest BCUT2D eigenvalue weighted by molar-refractivity contribution is -0.0969. The van der Waals surface area contributed by atoms with Crippen LogP contribution in [0.15, 0.2) is 46.0 Å². The maximum Gasteiger partial charge on any atom is 0.176 e. The van der Waals surface area contributed by atoms with E-state index in [2.05, 4.69) is 39.2 Å². The van der Waals surface area contributed by atoms with Crippen LogP contribution in [0.1, 0.15) is 13.3 Å². The highest BCUT2D eigenvalue weighted by atomic mass is 16.7. The highest BCUT2D eigenvalue weighted by molar-refractivity contribution is 5.28. The molecule has 90 valence electrons. The van der Waals surface area contributed by atoms with Crippen LogP contribution in [0.25, 0.3) is 0 Å². The average Bonchev–Trinajstić information content (AvgIpc) is 2.81. The SMILES string of the molecule is CCN1C=CCC2=C1N1CN(OC)C=C1N=N2. The van der Waals surface area contributed by atoms with Crippen molar-refractivity contribution >= 4 is 0 Å². The second-order valence-corrected chi connectivity index (χ2v) is 4.00. The average molecular weight is 233 g/mol. The molecule has 0 spiro atoms. The Morgan fingerprint density at radius 2 is 2.29 bits per heavy atom. The summed E-state index contributed by atoms with van der Waals surface area (Å²) in [5.41, 5.74) is 1.02. The van der Waals surface area contributed by atoms with Crippen molar-refractivity contribution in [3.05, 3.63) is 35.8 Å². The Kier molecular flexibility index (Phi) is 2.36. The maximum absolute atomic E-state index is 5.21. The molecule has 0 aromatic heterocycles. The molecule has 0 radical (unpaired) electrons. The smallest absolute Gasteiger partial charge is 0.176 e. The summed E-state index contributed by atoms with van der Waals surface area (Å²) >= 11 is 0. The lowest BCUT2D eigenvalue weighted by Gasteiger charge is -2.35. The molecule has 0 amide bonds. The molecule has 0 unspecified atom stereocenters. The summed E-state index contributed by atoms with van der Waals surface area (Å²) in [5.74, 6) is 1.95. The topological polar surface area (TPSA) is 43.7 Å². The van der Waals surface area contributed by atoms with Gasteiger partial charge >= 0.3 is 0 Å². The van der Waals surface area contributed by atoms with E-state index in [4.69, 9.17) is 4.84 Å². The van der Waals surface area contributed by atoms with Crippen molar-refractivity contribution in [3.63, 3.8) is 0 Å². The molecule has 6 nitrogen and oxygen atoms in total. The molecule has 0 N–H and O–H groups in total. The van der Waals surface area contributed by atoms with Crippen molar-refractivity contribution in [2.75, 3.05) is 20.3 Å². The van der Waals surface area contributed by atoms with Crippen LogP contribution in [-0.4, -0.2) is 35.2 Å². The predicted molar refractivity (Wildman–Crippen MR) is 61.7 cm³/mol. The molecule has 6 heteroatoms. The maximum atomic E-state index is 5.21. The van der Waals surface area contributed by atoms with Crippen molar-refractivity contribution in [2.24, 2.45) is 10.2 Å². The molecule has 0 atom stereocenters. The molecule has 0 aliphatic carbocycles. The number of nitrogens with zero attached hydrogens (tertiary/aromatic N) is 5. The lowest BCUT2D eigenvalue weighted by atomic mass is 10.2. The Hall–Kier alpha value is -1.82. The summed E-state index contributed by atoms with van der Waals surface area (Å²) in [7, 11) is 1.65. The molecule has 0 fully saturated rings. The Morgan fingerprint density at radius 1 is 1.41 bits per heavy atom. The van der Waals surface area contributed by atoms with Crippen LogP contribution < -0.4 is 0 Å². The van der Waals surface area contributed by atoms with Gasteiger partial charge in [-0.3, -0.25) is 9.74 Å². The van der Waals surface area contributed by atoms with Crippen molar-refractivity contribution < 1.29 is 4.84 Å². The molecule has 3 aliphatic heterocycles. The highest BCUT2D eigenvalue weighted by Gasteiger charge is 2.32. The van der Waals surface area contributed by atoms with Gasteiger partial charge in [0.25, 0.3) is 0 Å². The standard InChI is InChI=1S/C11H15N5O/c1-3-14-6-4-5-9-11(14)16-8-15(17-2)7-10(16)13-12-9/h4,6-7H,3,5,8H2,1-2H3. The number of hydrogen-bond donors (Lipinski definition) is 0. The monoisotopic (exact) mass is 233 g/mol. The number of hydrogen-bond acceptors (Lipinski definition) is 6. The highest BCUT2D eigenvalue weighted by Crippen LogP contribution is 2.34. The van der Waals surface area contributed by atoms with Crippen LogP contribution in [-0.2, 0) is 4.84 Å². The molecule has 0 aromatic rings. The third kappa shape index (κ3) is 1.52. The van der Waals surface area contributed by atoms with E-state index in [1.165, 1.54) is 0 Å². The fourth-order valence-electron chi connectivity index (χ4n) is 2.20. The van der Waals surface area contributed by atoms with Gasteiger partial charge in [-0.25, -0.2) is 5.06 Å². The van der Waals surface area contributed by atoms with Gasteiger partial charge in [0, 0.05) is 19.2 Å². The minimum Gasteiger partial charge on any atom is -0.333 e. The molecule has 0 aromatic carbocycles. The number of allylic oxidation sites excluding steroid dienone is 1. The van der Waals surface area contributed by atoms with Crippen molar-refractivity contribution in [3.8, 4) is 0 Å². The Labute approximate surface area is 100 Å². The third-order valence-corrected chi connectivity index (χ3v) is 3.05. The van der Waals surface area contributed by atoms with E-state index in [0.717, 1.165) is 30.3 Å². The fourth-order valence-corrected chi connectivity index (χ4v) is 2.20. The molecule has 0 bridgehead atoms. The molecule has 0 saturated carbocycles. The first-order chi connectivity index (χ1) is 8.33. The zero-order valence-electron chi connectivity index (χ0n) is 10.00. The number of rotatable bonds is 2. The van der Waals surface area contributed by atoms with Crippen LogP contribution >= 0.6 is 0 Å². The molecular weight excluding hydrogens is 218 g/mol. The number of hydroxylamine groups is 2. The van der Waals surface area contributed by atoms with Crippen LogP contribution in [0.4, 0.5) is 0 Å². The molecular formula is C11H15N5O. The summed E-state index contributed by atoms with van der Waals surface area (Å²) in [6.45, 7) is 3.70. The molecule has 0 saturated heterocycles. The van der Waals surface area contributed by atoms with Crippen LogP contribution in [0.3, 0.4) is 0 Å². The quantitative estimate of drug-likeness (QED) is 0.729. The molecule has 3 rings (SSSR count). The van der Waals surface area contributed by atoms with Crippen molar-refractivity contribution in [1.82, 2.24) is 14.9 Å². The van der Waals surface area contributed by atoms with Gasteiger partial charge in [-0.2, -0.15) is 0 Å². The molecule has 17 heavy (non-hydrogen) atoms. The van der Waals surface area contributed by atoms with E-state index in [1.807, 2.05) is 6.20 Å². The van der Waals surface area contributed by atoms with Gasteiger partial charge in [0.15, 0.2) is 5.82 Å². The number of azo groups is 1. The van der Waals surface area contributed by atoms with E-state index in [-0.39, 0.29) is 0 Å². The summed E-state index contributed by atoms with van der Waals surface area (Å²) < 4.78 is 0. The zero-order chi connectivity index (χ0) is 11.8. The van der Waals surface area contributed by atoms with Gasteiger partial charge < -0.3 is 4.90 Å². The third-order valence-electron chi connectivity index (χ3n) is 3.05. The van der Waals surface area contributed by atoms with Gasteiger partial charge in [0.1, 0.15) is 18.2 Å². The first-order valence-corrected chi connectivity index (χ1v) is 5.71. The Bertz CT molecular complexity index is 451. The fraction of sp³-hybridized carbons (Fsp3) is 0.455. The second-order valence-electron chi connectivity index (χ2n) is 4.00. The van der Waals surface area contributed by atoms with E-state index < -0.39 is 0 Å². The first-order valence-electron chi connectivity index (χ1n) is 5.71. The van der Waals surface area contributed by atoms with Crippen LogP contribution in [0.5, 0.6) is 0 Å². The van der Waals surface area contributed by atoms with E-state index >= 15 is 0 Å². The molecule has 3 aliphatic rings. The lowest BCUT2D eigenvalue weighted by Crippen LogP contribution is -2.36. The number of fused-ring (bicyclic) bond motifs is 2. The van der Waals surface area contributed by atoms with E-state index in [1.54, 1.807) is 12.2 Å². The van der Waals surface area contributed by atoms with Crippen LogP contribution in [0.2, 0.25) is 0 Å². The zero-order valence-corrected chi connectivity index (χ0v) is 10.00. The van der Waals surface area contributed by atoms with Gasteiger partial charge in [0.05, 0.1) is 13.3 Å². The minimum atomic E-state index is 0.661. The largest absolute Gasteiger partial charge is 0.333 e. The summed E-state index contributed by atoms with van der Waals surface area (Å²) in [5, 5.41) is 10.2. The van der Waals surface area contributed by atoms with Gasteiger partial charge in [-0.15, -0.1) is 10.2 Å². The van der Waals surface area contributed by atoms with Crippen molar-refractivity contribution in [1.29, 1.82) is 0 Å². The normalized spacial score (nSPS) is 22.0. The van der Waals surface area contributed by atoms with E-state index in [0.29, 0.717) is 6.67 Å². The second kappa shape index (κ2) is 3.89. The van der Waals surface area contributed by atoms with E-state index in [9.17, 15) is 0 Å². The van der Waals surface area contributed by atoms with Crippen LogP contribution in [0, 0.1) is 0 Å². The Morgan fingerprint density at radius 3 is 3.06 bits per heavy atom.